The molecule has 34 heavy (non-hydrogen) atoms. The Labute approximate surface area is 202 Å². The van der Waals surface area contributed by atoms with E-state index in [0.717, 1.165) is 27.8 Å². The number of carbonyl (C=O) groups excluding carboxylic acids is 1. The maximum Gasteiger partial charge on any atom is 0.412 e. The first-order valence-corrected chi connectivity index (χ1v) is 11.1. The number of aromatic nitrogens is 1. The molecule has 0 radical (unpaired) electrons. The highest BCUT2D eigenvalue weighted by Gasteiger charge is 2.20. The number of carbonyl (C=O) groups is 1. The van der Waals surface area contributed by atoms with Gasteiger partial charge in [0, 0.05) is 16.1 Å². The smallest absolute Gasteiger partial charge is 0.412 e. The van der Waals surface area contributed by atoms with Crippen LogP contribution in [0.3, 0.4) is 0 Å². The minimum Gasteiger partial charge on any atom is -0.441 e. The zero-order chi connectivity index (χ0) is 24.1. The maximum absolute atomic E-state index is 12.6. The first-order chi connectivity index (χ1) is 16.5. The van der Waals surface area contributed by atoms with Crippen LogP contribution in [0, 0.1) is 18.3 Å². The van der Waals surface area contributed by atoms with Crippen molar-refractivity contribution in [2.24, 2.45) is 0 Å². The first-order valence-electron chi connectivity index (χ1n) is 10.7. The summed E-state index contributed by atoms with van der Waals surface area (Å²) in [7, 11) is 0. The van der Waals surface area contributed by atoms with Gasteiger partial charge >= 0.3 is 6.09 Å². The van der Waals surface area contributed by atoms with E-state index < -0.39 is 12.2 Å². The van der Waals surface area contributed by atoms with Crippen molar-refractivity contribution in [1.82, 2.24) is 5.16 Å². The fourth-order valence-electron chi connectivity index (χ4n) is 3.60. The Morgan fingerprint density at radius 3 is 2.32 bits per heavy atom. The Hall–Kier alpha value is -4.08. The monoisotopic (exact) mass is 471 g/mol. The van der Waals surface area contributed by atoms with Crippen LogP contribution in [0.1, 0.15) is 29.9 Å². The number of aryl methyl sites for hydroxylation is 1. The Morgan fingerprint density at radius 2 is 1.68 bits per heavy atom. The molecule has 3 aromatic carbocycles. The quantitative estimate of drug-likeness (QED) is 0.317. The highest BCUT2D eigenvalue weighted by molar-refractivity contribution is 6.31. The molecule has 170 valence electrons. The maximum atomic E-state index is 12.6. The number of nitrogens with one attached hydrogen (secondary N) is 1. The molecule has 0 spiro atoms. The lowest BCUT2D eigenvalue weighted by molar-refractivity contribution is 0.121. The summed E-state index contributed by atoms with van der Waals surface area (Å²) >= 11 is 6.21. The average Bonchev–Trinajstić information content (AvgIpc) is 3.20. The minimum atomic E-state index is -0.631. The molecule has 0 aliphatic rings. The summed E-state index contributed by atoms with van der Waals surface area (Å²) in [6.45, 7) is 3.48. The van der Waals surface area contributed by atoms with E-state index in [1.807, 2.05) is 66.7 Å². The third-order valence-corrected chi connectivity index (χ3v) is 5.79. The molecule has 7 heteroatoms. The Balaban J connectivity index is 1.49. The number of hydrogen-bond acceptors (Lipinski definition) is 5. The minimum absolute atomic E-state index is 0.389. The lowest BCUT2D eigenvalue weighted by atomic mass is 10.0. The largest absolute Gasteiger partial charge is 0.441 e. The summed E-state index contributed by atoms with van der Waals surface area (Å²) in [6, 6.07) is 25.0. The molecule has 0 aliphatic carbocycles. The molecular weight excluding hydrogens is 450 g/mol. The van der Waals surface area contributed by atoms with E-state index in [4.69, 9.17) is 26.1 Å². The average molecular weight is 472 g/mol. The fraction of sp³-hybridized carbons (Fsp3) is 0.148. The topological polar surface area (TPSA) is 88.2 Å². The number of rotatable bonds is 6. The zero-order valence-corrected chi connectivity index (χ0v) is 19.5. The second-order valence-corrected chi connectivity index (χ2v) is 8.17. The van der Waals surface area contributed by atoms with Crippen molar-refractivity contribution < 1.29 is 14.1 Å². The number of anilines is 1. The van der Waals surface area contributed by atoms with Gasteiger partial charge in [-0.3, -0.25) is 5.32 Å². The van der Waals surface area contributed by atoms with E-state index >= 15 is 0 Å². The number of ether oxygens (including phenoxy) is 1. The molecule has 6 nitrogen and oxygen atoms in total. The fourth-order valence-corrected chi connectivity index (χ4v) is 3.89. The molecule has 0 saturated carbocycles. The van der Waals surface area contributed by atoms with Gasteiger partial charge in [-0.2, -0.15) is 5.26 Å². The predicted molar refractivity (Wildman–Crippen MR) is 131 cm³/mol. The van der Waals surface area contributed by atoms with E-state index in [1.54, 1.807) is 19.9 Å². The standard InChI is InChI=1S/C27H22ClN3O3/c1-17(23-5-3-4-6-24(23)28)33-27(32)30-25-18(2)34-31-26(25)22-13-11-21(12-14-22)20-9-7-19(8-10-20)15-16-29/h3-14,17H,15H2,1-2H3,(H,30,32)/t17-/m1/s1. The van der Waals surface area contributed by atoms with Crippen molar-refractivity contribution in [3.8, 4) is 28.5 Å². The third-order valence-electron chi connectivity index (χ3n) is 5.45. The summed E-state index contributed by atoms with van der Waals surface area (Å²) in [4.78, 5) is 12.6. The van der Waals surface area contributed by atoms with E-state index in [-0.39, 0.29) is 0 Å². The van der Waals surface area contributed by atoms with Crippen molar-refractivity contribution in [2.45, 2.75) is 26.4 Å². The number of nitrogens with zero attached hydrogens (tertiary/aromatic N) is 2. The SMILES string of the molecule is Cc1onc(-c2ccc(-c3ccc(CC#N)cc3)cc2)c1NC(=O)O[C@H](C)c1ccccc1Cl. The van der Waals surface area contributed by atoms with Crippen LogP contribution in [0.25, 0.3) is 22.4 Å². The van der Waals surface area contributed by atoms with E-state index in [9.17, 15) is 4.79 Å². The van der Waals surface area contributed by atoms with Gasteiger partial charge in [0.15, 0.2) is 5.76 Å². The van der Waals surface area contributed by atoms with Crippen molar-refractivity contribution in [1.29, 1.82) is 5.26 Å². The second-order valence-electron chi connectivity index (χ2n) is 7.77. The Kier molecular flexibility index (Phi) is 6.95. The molecule has 0 fully saturated rings. The van der Waals surface area contributed by atoms with Gasteiger partial charge < -0.3 is 9.26 Å². The number of nitriles is 1. The normalized spacial score (nSPS) is 11.5. The molecule has 0 bridgehead atoms. The number of halogens is 1. The molecule has 1 heterocycles. The highest BCUT2D eigenvalue weighted by Crippen LogP contribution is 2.32. The van der Waals surface area contributed by atoms with Crippen LogP contribution in [0.15, 0.2) is 77.3 Å². The second kappa shape index (κ2) is 10.2. The third kappa shape index (κ3) is 5.11. The van der Waals surface area contributed by atoms with Crippen LogP contribution in [0.2, 0.25) is 5.02 Å². The van der Waals surface area contributed by atoms with Crippen molar-refractivity contribution in [2.75, 3.05) is 5.32 Å². The van der Waals surface area contributed by atoms with Gasteiger partial charge in [0.1, 0.15) is 17.5 Å². The summed E-state index contributed by atoms with van der Waals surface area (Å²) in [5.74, 6) is 0.467. The summed E-state index contributed by atoms with van der Waals surface area (Å²) in [6.07, 6.45) is -0.773. The van der Waals surface area contributed by atoms with Crippen LogP contribution >= 0.6 is 11.6 Å². The molecule has 1 aromatic heterocycles. The molecule has 1 N–H and O–H groups in total. The summed E-state index contributed by atoms with van der Waals surface area (Å²) < 4.78 is 10.9. The molecular formula is C27H22ClN3O3. The van der Waals surface area contributed by atoms with Gasteiger partial charge in [-0.1, -0.05) is 83.5 Å². The molecule has 0 saturated heterocycles. The van der Waals surface area contributed by atoms with E-state index in [2.05, 4.69) is 16.5 Å². The zero-order valence-electron chi connectivity index (χ0n) is 18.7. The van der Waals surface area contributed by atoms with Gasteiger partial charge in [0.25, 0.3) is 0 Å². The summed E-state index contributed by atoms with van der Waals surface area (Å²) in [5.41, 5.74) is 5.51. The van der Waals surface area contributed by atoms with Crippen LogP contribution in [0.4, 0.5) is 10.5 Å². The van der Waals surface area contributed by atoms with Crippen LogP contribution in [-0.4, -0.2) is 11.2 Å². The lowest BCUT2D eigenvalue weighted by Crippen LogP contribution is -2.17. The van der Waals surface area contributed by atoms with Crippen molar-refractivity contribution >= 4 is 23.4 Å². The molecule has 4 aromatic rings. The van der Waals surface area contributed by atoms with Gasteiger partial charge in [-0.25, -0.2) is 4.79 Å². The Bertz CT molecular complexity index is 1340. The van der Waals surface area contributed by atoms with Gasteiger partial charge in [0.2, 0.25) is 0 Å². The van der Waals surface area contributed by atoms with Crippen LogP contribution < -0.4 is 5.32 Å². The molecule has 1 amide bonds. The highest BCUT2D eigenvalue weighted by atomic mass is 35.5. The molecule has 0 aliphatic heterocycles. The number of hydrogen-bond donors (Lipinski definition) is 1. The van der Waals surface area contributed by atoms with Gasteiger partial charge in [-0.15, -0.1) is 0 Å². The number of benzene rings is 3. The molecule has 4 rings (SSSR count). The van der Waals surface area contributed by atoms with E-state index in [0.29, 0.717) is 28.6 Å². The molecule has 1 atom stereocenters. The van der Waals surface area contributed by atoms with Gasteiger partial charge in [0.05, 0.1) is 12.5 Å². The van der Waals surface area contributed by atoms with E-state index in [1.165, 1.54) is 0 Å². The Morgan fingerprint density at radius 1 is 1.06 bits per heavy atom. The lowest BCUT2D eigenvalue weighted by Gasteiger charge is -2.15. The predicted octanol–water partition coefficient (Wildman–Crippen LogP) is 7.35. The van der Waals surface area contributed by atoms with Crippen LogP contribution in [-0.2, 0) is 11.2 Å². The van der Waals surface area contributed by atoms with Crippen molar-refractivity contribution in [3.63, 3.8) is 0 Å². The summed E-state index contributed by atoms with van der Waals surface area (Å²) in [5, 5.41) is 16.2. The number of amides is 1. The van der Waals surface area contributed by atoms with Crippen LogP contribution in [0.5, 0.6) is 0 Å². The van der Waals surface area contributed by atoms with Gasteiger partial charge in [-0.05, 0) is 36.6 Å². The first kappa shape index (κ1) is 23.1. The molecule has 0 unspecified atom stereocenters. The van der Waals surface area contributed by atoms with Crippen molar-refractivity contribution in [3.05, 3.63) is 94.7 Å².